The molecule has 0 fully saturated rings. The number of benzene rings is 3. The number of anilines is 2. The van der Waals surface area contributed by atoms with Crippen LogP contribution < -0.4 is 27.0 Å². The molecule has 11 heteroatoms. The molecule has 0 bridgehead atoms. The van der Waals surface area contributed by atoms with Crippen molar-refractivity contribution in [1.29, 1.82) is 0 Å². The number of rotatable bonds is 17. The van der Waals surface area contributed by atoms with E-state index in [9.17, 15) is 14.0 Å². The van der Waals surface area contributed by atoms with Crippen LogP contribution in [0, 0.1) is 5.82 Å². The van der Waals surface area contributed by atoms with E-state index < -0.39 is 17.9 Å². The number of ether oxygens (including phenoxy) is 2. The lowest BCUT2D eigenvalue weighted by molar-refractivity contribution is 0.0601. The molecule has 0 spiro atoms. The van der Waals surface area contributed by atoms with Gasteiger partial charge in [-0.2, -0.15) is 0 Å². The Kier molecular flexibility index (Phi) is 13.8. The molecule has 0 aliphatic heterocycles. The first-order chi connectivity index (χ1) is 19.9. The second-order valence-corrected chi connectivity index (χ2v) is 10.4. The van der Waals surface area contributed by atoms with Crippen LogP contribution in [0.3, 0.4) is 0 Å². The van der Waals surface area contributed by atoms with Crippen molar-refractivity contribution in [1.82, 2.24) is 10.6 Å². The van der Waals surface area contributed by atoms with Gasteiger partial charge in [0.2, 0.25) is 0 Å². The van der Waals surface area contributed by atoms with Gasteiger partial charge in [0, 0.05) is 11.0 Å². The van der Waals surface area contributed by atoms with Crippen molar-refractivity contribution in [3.05, 3.63) is 69.9 Å². The minimum atomic E-state index is -0.776. The molecule has 0 saturated heterocycles. The number of halogens is 2. The minimum Gasteiger partial charge on any atom is -0.465 e. The molecule has 222 valence electrons. The number of nitrogens with two attached hydrogens (primary N) is 1. The fourth-order valence-corrected chi connectivity index (χ4v) is 4.53. The van der Waals surface area contributed by atoms with Crippen LogP contribution in [0.5, 0.6) is 0 Å². The number of carbonyl (C=O) groups excluding carboxylic acids is 2. The molecular weight excluding hydrogens is 593 g/mol. The maximum atomic E-state index is 14.8. The van der Waals surface area contributed by atoms with Crippen LogP contribution in [0.15, 0.2) is 53.0 Å². The summed E-state index contributed by atoms with van der Waals surface area (Å²) in [7, 11) is 1.19. The Morgan fingerprint density at radius 3 is 2.27 bits per heavy atom. The third-order valence-electron chi connectivity index (χ3n) is 6.35. The number of fused-ring (bicyclic) bond motifs is 1. The molecule has 3 aromatic rings. The number of amides is 1. The van der Waals surface area contributed by atoms with E-state index in [1.807, 2.05) is 36.4 Å². The van der Waals surface area contributed by atoms with Crippen LogP contribution in [0.4, 0.5) is 20.6 Å². The number of hydrogen-bond donors (Lipinski definition) is 5. The zero-order chi connectivity index (χ0) is 29.5. The number of methoxy groups -OCH3 is 1. The van der Waals surface area contributed by atoms with Gasteiger partial charge in [-0.25, -0.2) is 14.0 Å². The second-order valence-electron chi connectivity index (χ2n) is 9.53. The van der Waals surface area contributed by atoms with Gasteiger partial charge in [0.15, 0.2) is 0 Å². The number of nitrogens with one attached hydrogen (secondary N) is 4. The van der Waals surface area contributed by atoms with E-state index in [0.717, 1.165) is 78.7 Å². The molecule has 0 aromatic heterocycles. The van der Waals surface area contributed by atoms with E-state index in [-0.39, 0.29) is 23.5 Å². The molecule has 3 rings (SSSR count). The van der Waals surface area contributed by atoms with Gasteiger partial charge >= 0.3 is 12.1 Å². The van der Waals surface area contributed by atoms with Gasteiger partial charge in [-0.15, -0.1) is 0 Å². The molecule has 0 radical (unpaired) electrons. The summed E-state index contributed by atoms with van der Waals surface area (Å²) in [5.74, 6) is -1.40. The standard InChI is InChI=1S/C30H39BrFN5O4/c1-40-29(38)25-18-26(32)28(36-15-5-14-35-12-3-2-11-34-13-4-10-33)19-27(25)37-30(39)41-20-21-6-7-23-17-24(31)9-8-22(23)16-21/h6-9,16-19,34-36H,2-5,10-15,20,33H2,1H3,(H,37,39). The van der Waals surface area contributed by atoms with Gasteiger partial charge in [0.25, 0.3) is 0 Å². The van der Waals surface area contributed by atoms with Crippen molar-refractivity contribution < 1.29 is 23.5 Å². The molecular formula is C30H39BrFN5O4. The molecule has 0 atom stereocenters. The van der Waals surface area contributed by atoms with Crippen LogP contribution in [0.1, 0.15) is 41.6 Å². The Balaban J connectivity index is 1.48. The van der Waals surface area contributed by atoms with E-state index in [0.29, 0.717) is 13.1 Å². The number of unbranched alkanes of at least 4 members (excludes halogenated alkanes) is 1. The van der Waals surface area contributed by atoms with Gasteiger partial charge in [-0.05, 0) is 105 Å². The van der Waals surface area contributed by atoms with E-state index in [1.165, 1.54) is 13.2 Å². The molecule has 0 saturated carbocycles. The van der Waals surface area contributed by atoms with E-state index in [1.54, 1.807) is 0 Å². The third kappa shape index (κ3) is 10.9. The Morgan fingerprint density at radius 1 is 0.854 bits per heavy atom. The molecule has 0 unspecified atom stereocenters. The third-order valence-corrected chi connectivity index (χ3v) is 6.84. The summed E-state index contributed by atoms with van der Waals surface area (Å²) in [6, 6.07) is 14.1. The predicted octanol–water partition coefficient (Wildman–Crippen LogP) is 5.39. The summed E-state index contributed by atoms with van der Waals surface area (Å²) in [5, 5.41) is 14.4. The fraction of sp³-hybridized carbons (Fsp3) is 0.400. The molecule has 6 N–H and O–H groups in total. The summed E-state index contributed by atoms with van der Waals surface area (Å²) in [6.45, 7) is 4.86. The van der Waals surface area contributed by atoms with Crippen molar-refractivity contribution in [2.24, 2.45) is 5.73 Å². The average Bonchev–Trinajstić information content (AvgIpc) is 2.97. The van der Waals surface area contributed by atoms with Crippen LogP contribution in [0.25, 0.3) is 10.8 Å². The smallest absolute Gasteiger partial charge is 0.411 e. The van der Waals surface area contributed by atoms with Crippen molar-refractivity contribution >= 4 is 50.1 Å². The van der Waals surface area contributed by atoms with Crippen molar-refractivity contribution in [3.8, 4) is 0 Å². The highest BCUT2D eigenvalue weighted by Crippen LogP contribution is 2.26. The summed E-state index contributed by atoms with van der Waals surface area (Å²) < 4.78 is 25.9. The van der Waals surface area contributed by atoms with Crippen molar-refractivity contribution in [2.75, 3.05) is 57.0 Å². The predicted molar refractivity (Wildman–Crippen MR) is 165 cm³/mol. The lowest BCUT2D eigenvalue weighted by atomic mass is 10.1. The zero-order valence-corrected chi connectivity index (χ0v) is 24.9. The monoisotopic (exact) mass is 631 g/mol. The van der Waals surface area contributed by atoms with Crippen LogP contribution in [0.2, 0.25) is 0 Å². The van der Waals surface area contributed by atoms with Crippen LogP contribution >= 0.6 is 15.9 Å². The highest BCUT2D eigenvalue weighted by Gasteiger charge is 2.19. The first-order valence-corrected chi connectivity index (χ1v) is 14.6. The van der Waals surface area contributed by atoms with Gasteiger partial charge in [0.1, 0.15) is 12.4 Å². The molecule has 0 heterocycles. The lowest BCUT2D eigenvalue weighted by Gasteiger charge is -2.15. The van der Waals surface area contributed by atoms with Gasteiger partial charge in [-0.1, -0.05) is 34.1 Å². The normalized spacial score (nSPS) is 10.9. The fourth-order valence-electron chi connectivity index (χ4n) is 4.16. The summed E-state index contributed by atoms with van der Waals surface area (Å²) in [4.78, 5) is 24.9. The topological polar surface area (TPSA) is 127 Å². The number of esters is 1. The zero-order valence-electron chi connectivity index (χ0n) is 23.4. The summed E-state index contributed by atoms with van der Waals surface area (Å²) >= 11 is 3.46. The summed E-state index contributed by atoms with van der Waals surface area (Å²) in [5.41, 5.74) is 6.42. The van der Waals surface area contributed by atoms with E-state index in [4.69, 9.17) is 15.2 Å². The molecule has 3 aromatic carbocycles. The average molecular weight is 633 g/mol. The Labute approximate surface area is 248 Å². The molecule has 0 aliphatic carbocycles. The molecule has 1 amide bonds. The quantitative estimate of drug-likeness (QED) is 0.0992. The molecule has 0 aliphatic rings. The Bertz CT molecular complexity index is 1290. The number of carbonyl (C=O) groups is 2. The van der Waals surface area contributed by atoms with Gasteiger partial charge < -0.3 is 31.2 Å². The first kappa shape index (κ1) is 32.3. The van der Waals surface area contributed by atoms with Gasteiger partial charge in [-0.3, -0.25) is 5.32 Å². The van der Waals surface area contributed by atoms with Crippen LogP contribution in [-0.2, 0) is 16.1 Å². The molecule has 41 heavy (non-hydrogen) atoms. The Morgan fingerprint density at radius 2 is 1.54 bits per heavy atom. The first-order valence-electron chi connectivity index (χ1n) is 13.8. The second kappa shape index (κ2) is 17.5. The van der Waals surface area contributed by atoms with Crippen molar-refractivity contribution in [3.63, 3.8) is 0 Å². The maximum absolute atomic E-state index is 14.8. The minimum absolute atomic E-state index is 0.0233. The summed E-state index contributed by atoms with van der Waals surface area (Å²) in [6.07, 6.45) is 3.13. The van der Waals surface area contributed by atoms with E-state index >= 15 is 0 Å². The van der Waals surface area contributed by atoms with E-state index in [2.05, 4.69) is 37.2 Å². The number of hydrogen-bond acceptors (Lipinski definition) is 8. The molecule has 9 nitrogen and oxygen atoms in total. The Hall–Kier alpha value is -3.25. The lowest BCUT2D eigenvalue weighted by Crippen LogP contribution is -2.22. The maximum Gasteiger partial charge on any atom is 0.411 e. The highest BCUT2D eigenvalue weighted by molar-refractivity contribution is 9.10. The SMILES string of the molecule is COC(=O)c1cc(F)c(NCCCNCCCCNCCCN)cc1NC(=O)OCc1ccc2cc(Br)ccc2c1. The van der Waals surface area contributed by atoms with Crippen LogP contribution in [-0.4, -0.2) is 58.4 Å². The largest absolute Gasteiger partial charge is 0.465 e. The highest BCUT2D eigenvalue weighted by atomic mass is 79.9. The van der Waals surface area contributed by atoms with Crippen molar-refractivity contribution in [2.45, 2.75) is 32.3 Å². The van der Waals surface area contributed by atoms with Gasteiger partial charge in [0.05, 0.1) is 24.0 Å².